The third-order valence-corrected chi connectivity index (χ3v) is 4.18. The van der Waals surface area contributed by atoms with Gasteiger partial charge in [-0.05, 0) is 13.8 Å². The molecule has 0 saturated carbocycles. The van der Waals surface area contributed by atoms with Crippen molar-refractivity contribution in [2.45, 2.75) is 19.9 Å². The molecule has 0 aliphatic carbocycles. The SMILES string of the molecule is CC(C)n1c(N2CCNCC2)nc2c(=O)n(C)c(=O)n(C)c21. The topological polar surface area (TPSA) is 77.1 Å². The first kappa shape index (κ1) is 14.8. The molecule has 2 aromatic heterocycles. The van der Waals surface area contributed by atoms with Crippen molar-refractivity contribution in [2.75, 3.05) is 31.1 Å². The van der Waals surface area contributed by atoms with Crippen LogP contribution in [0.3, 0.4) is 0 Å². The molecule has 3 heterocycles. The van der Waals surface area contributed by atoms with Gasteiger partial charge in [-0.15, -0.1) is 0 Å². The first-order valence-corrected chi connectivity index (χ1v) is 7.57. The van der Waals surface area contributed by atoms with Crippen LogP contribution in [-0.2, 0) is 14.1 Å². The highest BCUT2D eigenvalue weighted by Crippen LogP contribution is 2.24. The normalized spacial score (nSPS) is 16.0. The number of imidazole rings is 1. The van der Waals surface area contributed by atoms with E-state index in [1.807, 2.05) is 18.4 Å². The fourth-order valence-electron chi connectivity index (χ4n) is 3.00. The van der Waals surface area contributed by atoms with Crippen LogP contribution in [0.4, 0.5) is 5.95 Å². The predicted molar refractivity (Wildman–Crippen MR) is 85.7 cm³/mol. The molecule has 1 aliphatic rings. The van der Waals surface area contributed by atoms with Gasteiger partial charge in [0.2, 0.25) is 5.95 Å². The molecule has 0 spiro atoms. The minimum Gasteiger partial charge on any atom is -0.340 e. The molecular weight excluding hydrogens is 284 g/mol. The van der Waals surface area contributed by atoms with Crippen molar-refractivity contribution in [3.63, 3.8) is 0 Å². The Hall–Kier alpha value is -2.09. The maximum Gasteiger partial charge on any atom is 0.332 e. The number of aryl methyl sites for hydroxylation is 1. The van der Waals surface area contributed by atoms with Crippen LogP contribution in [-0.4, -0.2) is 44.9 Å². The number of hydrogen-bond acceptors (Lipinski definition) is 5. The number of rotatable bonds is 2. The van der Waals surface area contributed by atoms with Gasteiger partial charge < -0.3 is 10.2 Å². The van der Waals surface area contributed by atoms with E-state index in [0.29, 0.717) is 11.2 Å². The van der Waals surface area contributed by atoms with E-state index in [0.717, 1.165) is 36.7 Å². The zero-order valence-corrected chi connectivity index (χ0v) is 13.5. The lowest BCUT2D eigenvalue weighted by Gasteiger charge is -2.29. The van der Waals surface area contributed by atoms with Crippen molar-refractivity contribution in [3.8, 4) is 0 Å². The van der Waals surface area contributed by atoms with Gasteiger partial charge in [0.05, 0.1) is 0 Å². The van der Waals surface area contributed by atoms with E-state index < -0.39 is 0 Å². The highest BCUT2D eigenvalue weighted by Gasteiger charge is 2.24. The number of piperazine rings is 1. The van der Waals surface area contributed by atoms with Gasteiger partial charge in [0, 0.05) is 46.3 Å². The summed E-state index contributed by atoms with van der Waals surface area (Å²) in [4.78, 5) is 31.4. The first-order chi connectivity index (χ1) is 10.4. The Bertz CT molecular complexity index is 822. The Kier molecular flexibility index (Phi) is 3.56. The highest BCUT2D eigenvalue weighted by atomic mass is 16.2. The summed E-state index contributed by atoms with van der Waals surface area (Å²) in [5.74, 6) is 0.768. The van der Waals surface area contributed by atoms with Gasteiger partial charge >= 0.3 is 5.69 Å². The van der Waals surface area contributed by atoms with Crippen LogP contribution >= 0.6 is 0 Å². The standard InChI is InChI=1S/C14H22N6O2/c1-9(2)20-11-10(12(21)18(4)14(22)17(11)3)16-13(20)19-7-5-15-6-8-19/h9,15H,5-8H2,1-4H3. The Morgan fingerprint density at radius 2 is 1.73 bits per heavy atom. The Morgan fingerprint density at radius 1 is 1.09 bits per heavy atom. The second kappa shape index (κ2) is 5.28. The lowest BCUT2D eigenvalue weighted by Crippen LogP contribution is -2.44. The lowest BCUT2D eigenvalue weighted by atomic mass is 10.3. The highest BCUT2D eigenvalue weighted by molar-refractivity contribution is 5.74. The van der Waals surface area contributed by atoms with Gasteiger partial charge in [-0.1, -0.05) is 0 Å². The minimum atomic E-state index is -0.339. The van der Waals surface area contributed by atoms with E-state index >= 15 is 0 Å². The molecule has 120 valence electrons. The molecule has 0 unspecified atom stereocenters. The fourth-order valence-corrected chi connectivity index (χ4v) is 3.00. The van der Waals surface area contributed by atoms with E-state index in [1.165, 1.54) is 11.6 Å². The summed E-state index contributed by atoms with van der Waals surface area (Å²) in [6.45, 7) is 7.52. The van der Waals surface area contributed by atoms with Crippen molar-refractivity contribution in [2.24, 2.45) is 14.1 Å². The fraction of sp³-hybridized carbons (Fsp3) is 0.643. The van der Waals surface area contributed by atoms with Gasteiger partial charge in [-0.3, -0.25) is 18.5 Å². The monoisotopic (exact) mass is 306 g/mol. The Balaban J connectivity index is 2.36. The van der Waals surface area contributed by atoms with Crippen molar-refractivity contribution in [1.82, 2.24) is 24.0 Å². The van der Waals surface area contributed by atoms with Gasteiger partial charge in [0.1, 0.15) is 0 Å². The number of nitrogens with zero attached hydrogens (tertiary/aromatic N) is 5. The number of anilines is 1. The third kappa shape index (κ3) is 2.06. The van der Waals surface area contributed by atoms with Gasteiger partial charge in [-0.2, -0.15) is 0 Å². The molecule has 2 aromatic rings. The Labute approximate surface area is 128 Å². The van der Waals surface area contributed by atoms with E-state index in [4.69, 9.17) is 0 Å². The van der Waals surface area contributed by atoms with E-state index in [-0.39, 0.29) is 17.3 Å². The second-order valence-electron chi connectivity index (χ2n) is 5.99. The van der Waals surface area contributed by atoms with E-state index in [1.54, 1.807) is 7.05 Å². The quantitative estimate of drug-likeness (QED) is 0.803. The molecule has 22 heavy (non-hydrogen) atoms. The van der Waals surface area contributed by atoms with Crippen LogP contribution in [0.5, 0.6) is 0 Å². The molecule has 1 fully saturated rings. The lowest BCUT2D eigenvalue weighted by molar-refractivity contribution is 0.542. The van der Waals surface area contributed by atoms with Crippen LogP contribution in [0.1, 0.15) is 19.9 Å². The second-order valence-corrected chi connectivity index (χ2v) is 5.99. The molecule has 0 radical (unpaired) electrons. The Morgan fingerprint density at radius 3 is 2.32 bits per heavy atom. The molecule has 1 aliphatic heterocycles. The van der Waals surface area contributed by atoms with Gasteiger partial charge in [0.15, 0.2) is 11.2 Å². The van der Waals surface area contributed by atoms with E-state index in [9.17, 15) is 9.59 Å². The molecule has 1 N–H and O–H groups in total. The zero-order valence-electron chi connectivity index (χ0n) is 13.5. The molecule has 8 heteroatoms. The maximum atomic E-state index is 12.4. The molecule has 0 aromatic carbocycles. The van der Waals surface area contributed by atoms with Crippen LogP contribution in [0.25, 0.3) is 11.2 Å². The molecule has 3 rings (SSSR count). The zero-order chi connectivity index (χ0) is 16.0. The molecule has 0 atom stereocenters. The number of nitrogens with one attached hydrogen (secondary N) is 1. The minimum absolute atomic E-state index is 0.104. The molecule has 0 amide bonds. The summed E-state index contributed by atoms with van der Waals surface area (Å²) in [5, 5.41) is 3.31. The average molecular weight is 306 g/mol. The van der Waals surface area contributed by atoms with Gasteiger partial charge in [-0.25, -0.2) is 9.78 Å². The average Bonchev–Trinajstić information content (AvgIpc) is 2.92. The molecule has 8 nitrogen and oxygen atoms in total. The summed E-state index contributed by atoms with van der Waals surface area (Å²) in [6.07, 6.45) is 0. The number of fused-ring (bicyclic) bond motifs is 1. The largest absolute Gasteiger partial charge is 0.340 e. The smallest absolute Gasteiger partial charge is 0.332 e. The van der Waals surface area contributed by atoms with Crippen molar-refractivity contribution in [3.05, 3.63) is 20.8 Å². The number of hydrogen-bond donors (Lipinski definition) is 1. The first-order valence-electron chi connectivity index (χ1n) is 7.57. The maximum absolute atomic E-state index is 12.4. The van der Waals surface area contributed by atoms with Crippen LogP contribution < -0.4 is 21.5 Å². The predicted octanol–water partition coefficient (Wildman–Crippen LogP) is -0.576. The third-order valence-electron chi connectivity index (χ3n) is 4.18. The summed E-state index contributed by atoms with van der Waals surface area (Å²) >= 11 is 0. The van der Waals surface area contributed by atoms with Crippen LogP contribution in [0.15, 0.2) is 9.59 Å². The molecule has 0 bridgehead atoms. The van der Waals surface area contributed by atoms with E-state index in [2.05, 4.69) is 15.2 Å². The van der Waals surface area contributed by atoms with Crippen molar-refractivity contribution < 1.29 is 0 Å². The van der Waals surface area contributed by atoms with Crippen LogP contribution in [0, 0.1) is 0 Å². The summed E-state index contributed by atoms with van der Waals surface area (Å²) < 4.78 is 4.61. The van der Waals surface area contributed by atoms with Crippen molar-refractivity contribution >= 4 is 17.1 Å². The molecule has 1 saturated heterocycles. The number of aromatic nitrogens is 4. The van der Waals surface area contributed by atoms with Gasteiger partial charge in [0.25, 0.3) is 5.56 Å². The summed E-state index contributed by atoms with van der Waals surface area (Å²) in [6, 6.07) is 0.104. The van der Waals surface area contributed by atoms with Crippen LogP contribution in [0.2, 0.25) is 0 Å². The summed E-state index contributed by atoms with van der Waals surface area (Å²) in [5.41, 5.74) is 0.281. The summed E-state index contributed by atoms with van der Waals surface area (Å²) in [7, 11) is 3.18. The van der Waals surface area contributed by atoms with Crippen molar-refractivity contribution in [1.29, 1.82) is 0 Å². The molecular formula is C14H22N6O2.